The molecule has 1 heterocycles. The molecule has 0 unspecified atom stereocenters. The zero-order valence-corrected chi connectivity index (χ0v) is 10.5. The summed E-state index contributed by atoms with van der Waals surface area (Å²) >= 11 is 0. The van der Waals surface area contributed by atoms with E-state index in [9.17, 15) is 4.79 Å². The summed E-state index contributed by atoms with van der Waals surface area (Å²) in [6.07, 6.45) is 0. The number of rotatable bonds is 5. The Morgan fingerprint density at radius 2 is 2.16 bits per heavy atom. The van der Waals surface area contributed by atoms with E-state index in [0.29, 0.717) is 22.8 Å². The summed E-state index contributed by atoms with van der Waals surface area (Å²) in [4.78, 5) is 10.9. The molecule has 0 atom stereocenters. The van der Waals surface area contributed by atoms with E-state index in [-0.39, 0.29) is 12.3 Å². The standard InChI is InChI=1S/C13H13NO5/c1-8-11(12(13(15)16)14-19-8)7-18-10-5-3-4-9(6-10)17-2/h3-6H,7H2,1-2H3,(H,15,16). The van der Waals surface area contributed by atoms with Gasteiger partial charge >= 0.3 is 5.97 Å². The van der Waals surface area contributed by atoms with Crippen LogP contribution in [0.25, 0.3) is 0 Å². The molecule has 0 radical (unpaired) electrons. The molecular weight excluding hydrogens is 250 g/mol. The second-order valence-electron chi connectivity index (χ2n) is 3.84. The molecule has 1 N–H and O–H groups in total. The van der Waals surface area contributed by atoms with Crippen LogP contribution in [0.1, 0.15) is 21.8 Å². The third kappa shape index (κ3) is 2.85. The Morgan fingerprint density at radius 3 is 2.84 bits per heavy atom. The van der Waals surface area contributed by atoms with Crippen LogP contribution >= 0.6 is 0 Å². The van der Waals surface area contributed by atoms with Gasteiger partial charge in [-0.05, 0) is 19.1 Å². The number of carboxylic acids is 1. The van der Waals surface area contributed by atoms with E-state index in [1.54, 1.807) is 38.3 Å². The second kappa shape index (κ2) is 5.43. The van der Waals surface area contributed by atoms with Crippen LogP contribution in [0.4, 0.5) is 0 Å². The normalized spacial score (nSPS) is 10.2. The Bertz CT molecular complexity index is 590. The lowest BCUT2D eigenvalue weighted by Gasteiger charge is -2.07. The van der Waals surface area contributed by atoms with Crippen molar-refractivity contribution in [1.29, 1.82) is 0 Å². The van der Waals surface area contributed by atoms with E-state index in [4.69, 9.17) is 19.1 Å². The van der Waals surface area contributed by atoms with Gasteiger partial charge < -0.3 is 19.1 Å². The van der Waals surface area contributed by atoms with Crippen LogP contribution in [-0.4, -0.2) is 23.3 Å². The van der Waals surface area contributed by atoms with E-state index in [2.05, 4.69) is 5.16 Å². The van der Waals surface area contributed by atoms with Gasteiger partial charge in [0.2, 0.25) is 0 Å². The maximum atomic E-state index is 10.9. The Balaban J connectivity index is 2.14. The van der Waals surface area contributed by atoms with Gasteiger partial charge in [-0.25, -0.2) is 4.79 Å². The first kappa shape index (κ1) is 12.9. The first-order valence-corrected chi connectivity index (χ1v) is 5.57. The predicted molar refractivity (Wildman–Crippen MR) is 65.5 cm³/mol. The molecule has 0 bridgehead atoms. The fraction of sp³-hybridized carbons (Fsp3) is 0.231. The van der Waals surface area contributed by atoms with Crippen molar-refractivity contribution < 1.29 is 23.9 Å². The van der Waals surface area contributed by atoms with Crippen LogP contribution in [0.5, 0.6) is 11.5 Å². The number of hydrogen-bond donors (Lipinski definition) is 1. The maximum Gasteiger partial charge on any atom is 0.358 e. The molecule has 0 fully saturated rings. The van der Waals surface area contributed by atoms with Crippen LogP contribution < -0.4 is 9.47 Å². The summed E-state index contributed by atoms with van der Waals surface area (Å²) in [7, 11) is 1.56. The smallest absolute Gasteiger partial charge is 0.358 e. The molecule has 0 aliphatic carbocycles. The minimum absolute atomic E-state index is 0.0735. The Labute approximate surface area is 109 Å². The summed E-state index contributed by atoms with van der Waals surface area (Å²) in [5.74, 6) is 0.538. The molecule has 0 aliphatic rings. The van der Waals surface area contributed by atoms with Crippen molar-refractivity contribution >= 4 is 5.97 Å². The minimum Gasteiger partial charge on any atom is -0.497 e. The molecule has 0 saturated heterocycles. The SMILES string of the molecule is COc1cccc(OCc2c(C(=O)O)noc2C)c1. The highest BCUT2D eigenvalue weighted by molar-refractivity contribution is 5.87. The number of aryl methyl sites for hydroxylation is 1. The van der Waals surface area contributed by atoms with E-state index >= 15 is 0 Å². The van der Waals surface area contributed by atoms with Crippen molar-refractivity contribution in [2.24, 2.45) is 0 Å². The molecule has 1 aromatic carbocycles. The summed E-state index contributed by atoms with van der Waals surface area (Å²) in [5, 5.41) is 12.4. The predicted octanol–water partition coefficient (Wildman–Crippen LogP) is 2.27. The van der Waals surface area contributed by atoms with E-state index in [1.165, 1.54) is 0 Å². The lowest BCUT2D eigenvalue weighted by atomic mass is 10.2. The zero-order chi connectivity index (χ0) is 13.8. The van der Waals surface area contributed by atoms with Gasteiger partial charge in [0.15, 0.2) is 5.69 Å². The largest absolute Gasteiger partial charge is 0.497 e. The Morgan fingerprint density at radius 1 is 1.42 bits per heavy atom. The molecule has 2 rings (SSSR count). The van der Waals surface area contributed by atoms with Crippen LogP contribution in [0.3, 0.4) is 0 Å². The lowest BCUT2D eigenvalue weighted by Crippen LogP contribution is -2.05. The highest BCUT2D eigenvalue weighted by Gasteiger charge is 2.19. The van der Waals surface area contributed by atoms with Crippen LogP contribution in [-0.2, 0) is 6.61 Å². The number of benzene rings is 1. The van der Waals surface area contributed by atoms with Gasteiger partial charge in [-0.2, -0.15) is 0 Å². The van der Waals surface area contributed by atoms with E-state index in [1.807, 2.05) is 0 Å². The number of methoxy groups -OCH3 is 1. The molecule has 1 aromatic heterocycles. The quantitative estimate of drug-likeness (QED) is 0.891. The monoisotopic (exact) mass is 263 g/mol. The number of aromatic carboxylic acids is 1. The zero-order valence-electron chi connectivity index (χ0n) is 10.5. The van der Waals surface area contributed by atoms with Gasteiger partial charge in [0.25, 0.3) is 0 Å². The Hall–Kier alpha value is -2.50. The van der Waals surface area contributed by atoms with Crippen LogP contribution in [0.2, 0.25) is 0 Å². The molecule has 0 saturated carbocycles. The third-order valence-electron chi connectivity index (χ3n) is 2.61. The summed E-state index contributed by atoms with van der Waals surface area (Å²) in [6, 6.07) is 7.04. The molecule has 0 amide bonds. The van der Waals surface area contributed by atoms with Gasteiger partial charge in [-0.15, -0.1) is 0 Å². The molecular formula is C13H13NO5. The molecule has 6 nitrogen and oxygen atoms in total. The van der Waals surface area contributed by atoms with Gasteiger partial charge in [0.05, 0.1) is 12.7 Å². The average Bonchev–Trinajstić information content (AvgIpc) is 2.78. The molecule has 0 spiro atoms. The first-order chi connectivity index (χ1) is 9.11. The van der Waals surface area contributed by atoms with Gasteiger partial charge in [-0.1, -0.05) is 11.2 Å². The minimum atomic E-state index is -1.14. The summed E-state index contributed by atoms with van der Waals surface area (Å²) in [6.45, 7) is 1.72. The summed E-state index contributed by atoms with van der Waals surface area (Å²) in [5.41, 5.74) is 0.302. The second-order valence-corrected chi connectivity index (χ2v) is 3.84. The van der Waals surface area contributed by atoms with Crippen LogP contribution in [0.15, 0.2) is 28.8 Å². The summed E-state index contributed by atoms with van der Waals surface area (Å²) < 4.78 is 15.4. The van der Waals surface area contributed by atoms with Crippen molar-refractivity contribution in [3.8, 4) is 11.5 Å². The molecule has 19 heavy (non-hydrogen) atoms. The van der Waals surface area contributed by atoms with Gasteiger partial charge in [-0.3, -0.25) is 0 Å². The molecule has 6 heteroatoms. The fourth-order valence-corrected chi connectivity index (χ4v) is 1.58. The van der Waals surface area contributed by atoms with Crippen molar-refractivity contribution in [1.82, 2.24) is 5.16 Å². The van der Waals surface area contributed by atoms with Crippen molar-refractivity contribution in [3.63, 3.8) is 0 Å². The first-order valence-electron chi connectivity index (χ1n) is 5.57. The number of carboxylic acid groups (broad SMARTS) is 1. The number of hydrogen-bond acceptors (Lipinski definition) is 5. The molecule has 0 aliphatic heterocycles. The number of carbonyl (C=O) groups is 1. The number of nitrogens with zero attached hydrogens (tertiary/aromatic N) is 1. The van der Waals surface area contributed by atoms with E-state index in [0.717, 1.165) is 0 Å². The average molecular weight is 263 g/mol. The third-order valence-corrected chi connectivity index (χ3v) is 2.61. The number of aromatic nitrogens is 1. The highest BCUT2D eigenvalue weighted by Crippen LogP contribution is 2.21. The van der Waals surface area contributed by atoms with E-state index < -0.39 is 5.97 Å². The lowest BCUT2D eigenvalue weighted by molar-refractivity contribution is 0.0683. The number of ether oxygens (including phenoxy) is 2. The van der Waals surface area contributed by atoms with Gasteiger partial charge in [0, 0.05) is 6.07 Å². The van der Waals surface area contributed by atoms with Crippen molar-refractivity contribution in [2.45, 2.75) is 13.5 Å². The molecule has 2 aromatic rings. The van der Waals surface area contributed by atoms with Gasteiger partial charge in [0.1, 0.15) is 23.9 Å². The Kier molecular flexibility index (Phi) is 3.70. The van der Waals surface area contributed by atoms with Crippen molar-refractivity contribution in [3.05, 3.63) is 41.3 Å². The topological polar surface area (TPSA) is 81.8 Å². The molecule has 100 valence electrons. The fourth-order valence-electron chi connectivity index (χ4n) is 1.58. The van der Waals surface area contributed by atoms with Crippen molar-refractivity contribution in [2.75, 3.05) is 7.11 Å². The highest BCUT2D eigenvalue weighted by atomic mass is 16.5. The maximum absolute atomic E-state index is 10.9. The van der Waals surface area contributed by atoms with Crippen LogP contribution in [0, 0.1) is 6.92 Å².